The van der Waals surface area contributed by atoms with E-state index in [4.69, 9.17) is 30.4 Å². The van der Waals surface area contributed by atoms with Gasteiger partial charge in [0.25, 0.3) is 5.91 Å². The molecule has 1 heterocycles. The second-order valence-corrected chi connectivity index (χ2v) is 11.5. The quantitative estimate of drug-likeness (QED) is 0.0784. The van der Waals surface area contributed by atoms with E-state index in [0.717, 1.165) is 0 Å². The van der Waals surface area contributed by atoms with Crippen LogP contribution in [0.2, 0.25) is 0 Å². The van der Waals surface area contributed by atoms with E-state index in [2.05, 4.69) is 15.6 Å². The van der Waals surface area contributed by atoms with Crippen LogP contribution in [0.3, 0.4) is 0 Å². The van der Waals surface area contributed by atoms with Crippen molar-refractivity contribution in [2.75, 3.05) is 39.7 Å². The van der Waals surface area contributed by atoms with Crippen molar-refractivity contribution in [2.45, 2.75) is 65.0 Å². The van der Waals surface area contributed by atoms with Gasteiger partial charge in [0.2, 0.25) is 0 Å². The highest BCUT2D eigenvalue weighted by Gasteiger charge is 2.33. The molecule has 6 atom stereocenters. The number of ether oxygens (including phenoxy) is 4. The van der Waals surface area contributed by atoms with Crippen molar-refractivity contribution < 1.29 is 43.5 Å². The zero-order valence-electron chi connectivity index (χ0n) is 28.1. The molecule has 2 amide bonds. The highest BCUT2D eigenvalue weighted by atomic mass is 16.6. The lowest BCUT2D eigenvalue weighted by Gasteiger charge is -2.32. The van der Waals surface area contributed by atoms with Crippen LogP contribution in [0.15, 0.2) is 46.5 Å². The highest BCUT2D eigenvalue weighted by Crippen LogP contribution is 2.44. The first-order chi connectivity index (χ1) is 22.3. The van der Waals surface area contributed by atoms with Crippen LogP contribution >= 0.6 is 0 Å². The molecule has 2 rings (SSSR count). The molecule has 1 aliphatic rings. The molecule has 0 saturated heterocycles. The van der Waals surface area contributed by atoms with Gasteiger partial charge in [-0.2, -0.15) is 0 Å². The first kappa shape index (κ1) is 38.9. The van der Waals surface area contributed by atoms with Crippen LogP contribution < -0.4 is 22.1 Å². The van der Waals surface area contributed by atoms with E-state index in [0.29, 0.717) is 24.1 Å². The fourth-order valence-electron chi connectivity index (χ4n) is 5.34. The fraction of sp³-hybridized carbons (Fsp3) is 0.515. The van der Waals surface area contributed by atoms with Crippen LogP contribution in [-0.4, -0.2) is 93.2 Å². The first-order valence-electron chi connectivity index (χ1n) is 15.3. The second kappa shape index (κ2) is 18.8. The van der Waals surface area contributed by atoms with E-state index in [-0.39, 0.29) is 47.3 Å². The number of aliphatic imine (C=N–C) groups is 1. The van der Waals surface area contributed by atoms with Gasteiger partial charge in [0.15, 0.2) is 6.10 Å². The number of anilines is 1. The number of hydrogen-bond acceptors (Lipinski definition) is 12. The minimum atomic E-state index is -1.02. The van der Waals surface area contributed by atoms with Gasteiger partial charge in [-0.25, -0.2) is 4.79 Å². The van der Waals surface area contributed by atoms with E-state index in [9.17, 15) is 24.6 Å². The number of primary amides is 1. The molecule has 2 bridgehead atoms. The molecule has 47 heavy (non-hydrogen) atoms. The molecule has 0 saturated carbocycles. The van der Waals surface area contributed by atoms with Crippen LogP contribution in [0.4, 0.5) is 16.2 Å². The molecule has 14 nitrogen and oxygen atoms in total. The zero-order chi connectivity index (χ0) is 35.3. The Morgan fingerprint density at radius 2 is 1.87 bits per heavy atom. The van der Waals surface area contributed by atoms with Crippen molar-refractivity contribution in [1.82, 2.24) is 5.32 Å². The molecule has 0 aliphatic carbocycles. The van der Waals surface area contributed by atoms with Gasteiger partial charge >= 0.3 is 12.1 Å². The third-order valence-electron chi connectivity index (χ3n) is 7.72. The summed E-state index contributed by atoms with van der Waals surface area (Å²) in [6.45, 7) is 7.08. The molecule has 0 unspecified atom stereocenters. The number of nitrogens with zero attached hydrogens (tertiary/aromatic N) is 1. The lowest BCUT2D eigenvalue weighted by Crippen LogP contribution is -2.41. The number of carbonyl (C=O) groups is 3. The van der Waals surface area contributed by atoms with Crippen LogP contribution in [0, 0.1) is 11.8 Å². The summed E-state index contributed by atoms with van der Waals surface area (Å²) in [5.74, 6) is -2.38. The number of aromatic hydroxyl groups is 2. The Labute approximate surface area is 275 Å². The highest BCUT2D eigenvalue weighted by molar-refractivity contribution is 6.04. The van der Waals surface area contributed by atoms with Crippen LogP contribution in [-0.2, 0) is 35.0 Å². The molecular weight excluding hydrogens is 610 g/mol. The number of fused-ring (bicyclic) bond motifs is 2. The van der Waals surface area contributed by atoms with E-state index in [1.165, 1.54) is 26.4 Å². The molecule has 1 aliphatic heterocycles. The Bertz CT molecular complexity index is 1370. The number of amides is 2. The predicted molar refractivity (Wildman–Crippen MR) is 179 cm³/mol. The molecule has 0 fully saturated rings. The average molecular weight is 660 g/mol. The monoisotopic (exact) mass is 659 g/mol. The van der Waals surface area contributed by atoms with Crippen LogP contribution in [0.25, 0.3) is 0 Å². The maximum absolute atomic E-state index is 13.1. The van der Waals surface area contributed by atoms with Gasteiger partial charge in [-0.15, -0.1) is 0 Å². The largest absolute Gasteiger partial charge is 0.506 e. The summed E-state index contributed by atoms with van der Waals surface area (Å²) < 4.78 is 22.7. The van der Waals surface area contributed by atoms with Gasteiger partial charge in [-0.3, -0.25) is 14.6 Å². The summed E-state index contributed by atoms with van der Waals surface area (Å²) in [7, 11) is 4.66. The molecule has 8 N–H and O–H groups in total. The summed E-state index contributed by atoms with van der Waals surface area (Å²) in [5.41, 5.74) is 12.3. The van der Waals surface area contributed by atoms with Crippen LogP contribution in [0.5, 0.6) is 11.5 Å². The minimum Gasteiger partial charge on any atom is -0.506 e. The fourth-order valence-corrected chi connectivity index (χ4v) is 5.34. The summed E-state index contributed by atoms with van der Waals surface area (Å²) in [6.07, 6.45) is 4.25. The van der Waals surface area contributed by atoms with Gasteiger partial charge in [0, 0.05) is 50.1 Å². The molecular formula is C33H49N5O9. The number of rotatable bonds is 8. The molecule has 1 aromatic rings. The number of phenolic OH excluding ortho intramolecular Hbond substituents is 2. The van der Waals surface area contributed by atoms with Gasteiger partial charge in [0.1, 0.15) is 29.4 Å². The van der Waals surface area contributed by atoms with E-state index in [1.54, 1.807) is 45.3 Å². The number of carbonyl (C=O) groups excluding carboxylic acids is 3. The molecule has 0 radical (unpaired) electrons. The lowest BCUT2D eigenvalue weighted by atomic mass is 9.87. The second-order valence-electron chi connectivity index (χ2n) is 11.5. The number of nitrogens with two attached hydrogens (primary N) is 2. The molecule has 14 heteroatoms. The van der Waals surface area contributed by atoms with Crippen molar-refractivity contribution in [2.24, 2.45) is 28.3 Å². The van der Waals surface area contributed by atoms with Crippen LogP contribution in [0.1, 0.15) is 39.7 Å². The van der Waals surface area contributed by atoms with Gasteiger partial charge in [0.05, 0.1) is 18.3 Å². The van der Waals surface area contributed by atoms with Crippen molar-refractivity contribution in [3.05, 3.63) is 47.1 Å². The number of nitrogens with one attached hydrogen (secondary N) is 2. The van der Waals surface area contributed by atoms with Gasteiger partial charge < -0.3 is 51.3 Å². The first-order valence-corrected chi connectivity index (χ1v) is 15.3. The standard InChI is InChI=1S/C33H49N5O9/c1-18-13-22-28(37-12-11-36-5)24(39)16-23(29(22)41)38-32(42)19(2)9-8-10-25(44-6)30(47-33(35)43)20(3)15-21(4)31(26(14-18)45-7)46-27(40)17-34/h8-10,12,15-16,18,21,25-26,30-31,36,39,41H,11,13-14,17,34H2,1-7H3,(H2,35,43)(H,38,42)/b10-8-,19-9+,20-15+,37-12?/t18-,21+,25+,26+,30+,31-/m1/s1. The predicted octanol–water partition coefficient (Wildman–Crippen LogP) is 2.99. The summed E-state index contributed by atoms with van der Waals surface area (Å²) in [5, 5.41) is 28.0. The average Bonchev–Trinajstić information content (AvgIpc) is 3.02. The van der Waals surface area contributed by atoms with Crippen molar-refractivity contribution in [1.29, 1.82) is 0 Å². The number of allylic oxidation sites excluding steroid dienone is 2. The number of esters is 1. The Balaban J connectivity index is 2.79. The SMILES string of the molecule is CNCC=Nc1c(O)cc2c(O)c1C[C@@H](C)C[C@H](OC)[C@H](OC(=O)CN)[C@@H](C)/C=C(\C)[C@H](OC(N)=O)[C@@H](OC)/C=C\C=C(/C)C(=O)N2. The third-order valence-corrected chi connectivity index (χ3v) is 7.72. The maximum atomic E-state index is 13.1. The van der Waals surface area contributed by atoms with E-state index < -0.39 is 48.3 Å². The zero-order valence-corrected chi connectivity index (χ0v) is 28.1. The number of methoxy groups -OCH3 is 2. The van der Waals surface area contributed by atoms with Gasteiger partial charge in [-0.1, -0.05) is 38.2 Å². The summed E-state index contributed by atoms with van der Waals surface area (Å²) in [4.78, 5) is 41.9. The van der Waals surface area contributed by atoms with Crippen molar-refractivity contribution in [3.63, 3.8) is 0 Å². The third kappa shape index (κ3) is 11.2. The Kier molecular flexibility index (Phi) is 15.6. The minimum absolute atomic E-state index is 0.00639. The molecule has 0 aromatic heterocycles. The number of phenols is 2. The smallest absolute Gasteiger partial charge is 0.405 e. The number of benzene rings is 1. The van der Waals surface area contributed by atoms with Crippen molar-refractivity contribution >= 4 is 35.6 Å². The Hall–Kier alpha value is -4.24. The Morgan fingerprint density at radius 3 is 2.47 bits per heavy atom. The Morgan fingerprint density at radius 1 is 1.17 bits per heavy atom. The molecule has 0 spiro atoms. The summed E-state index contributed by atoms with van der Waals surface area (Å²) >= 11 is 0. The molecule has 260 valence electrons. The topological polar surface area (TPSA) is 217 Å². The van der Waals surface area contributed by atoms with E-state index in [1.807, 2.05) is 13.8 Å². The normalized spacial score (nSPS) is 27.6. The summed E-state index contributed by atoms with van der Waals surface area (Å²) in [6, 6.07) is 1.24. The van der Waals surface area contributed by atoms with Gasteiger partial charge in [-0.05, 0) is 45.2 Å². The van der Waals surface area contributed by atoms with E-state index >= 15 is 0 Å². The number of hydrogen-bond donors (Lipinski definition) is 6. The lowest BCUT2D eigenvalue weighted by molar-refractivity contribution is -0.158. The maximum Gasteiger partial charge on any atom is 0.405 e. The van der Waals surface area contributed by atoms with Crippen molar-refractivity contribution in [3.8, 4) is 11.5 Å². The molecule has 1 aromatic carbocycles.